The first-order chi connectivity index (χ1) is 12.3. The highest BCUT2D eigenvalue weighted by Gasteiger charge is 2.20. The molecule has 0 atom stereocenters. The smallest absolute Gasteiger partial charge is 0.255 e. The molecule has 1 aliphatic rings. The number of aliphatic hydroxyl groups excluding tert-OH is 1. The minimum Gasteiger partial charge on any atom is -0.393 e. The van der Waals surface area contributed by atoms with Crippen molar-refractivity contribution in [2.24, 2.45) is 5.14 Å². The van der Waals surface area contributed by atoms with Crippen molar-refractivity contribution in [3.8, 4) is 0 Å². The van der Waals surface area contributed by atoms with E-state index in [1.54, 1.807) is 6.20 Å². The largest absolute Gasteiger partial charge is 0.393 e. The normalized spacial score (nSPS) is 20.6. The lowest BCUT2D eigenvalue weighted by molar-refractivity contribution is 0.126. The molecule has 0 amide bonds. The summed E-state index contributed by atoms with van der Waals surface area (Å²) >= 11 is 3.43. The Labute approximate surface area is 159 Å². The number of primary sulfonamides is 1. The summed E-state index contributed by atoms with van der Waals surface area (Å²) in [5.74, 6) is 0.995. The topological polar surface area (TPSA) is 143 Å². The zero-order valence-electron chi connectivity index (χ0n) is 13.8. The lowest BCUT2D eigenvalue weighted by Crippen LogP contribution is -2.28. The van der Waals surface area contributed by atoms with Crippen LogP contribution in [0.1, 0.15) is 25.7 Å². The molecule has 1 aliphatic carbocycles. The van der Waals surface area contributed by atoms with Gasteiger partial charge in [0.2, 0.25) is 5.95 Å². The SMILES string of the molecule is NS(=O)(=O)c1ccc(Nc2ncc(Br)c(N[C@H]3CC[C@H](O)CC3)n2)cn1. The van der Waals surface area contributed by atoms with Gasteiger partial charge < -0.3 is 15.7 Å². The monoisotopic (exact) mass is 442 g/mol. The summed E-state index contributed by atoms with van der Waals surface area (Å²) in [5.41, 5.74) is 0.534. The molecule has 140 valence electrons. The second-order valence-electron chi connectivity index (χ2n) is 6.10. The van der Waals surface area contributed by atoms with E-state index >= 15 is 0 Å². The molecule has 0 bridgehead atoms. The minimum absolute atomic E-state index is 0.207. The Balaban J connectivity index is 1.71. The molecule has 0 saturated heterocycles. The number of anilines is 3. The number of rotatable bonds is 5. The van der Waals surface area contributed by atoms with E-state index in [0.29, 0.717) is 17.5 Å². The predicted molar refractivity (Wildman–Crippen MR) is 101 cm³/mol. The molecule has 2 aromatic heterocycles. The number of nitrogens with one attached hydrogen (secondary N) is 2. The fourth-order valence-electron chi connectivity index (χ4n) is 2.69. The van der Waals surface area contributed by atoms with E-state index in [-0.39, 0.29) is 17.2 Å². The van der Waals surface area contributed by atoms with E-state index < -0.39 is 10.0 Å². The molecule has 2 aromatic rings. The molecule has 11 heteroatoms. The number of aromatic nitrogens is 3. The highest BCUT2D eigenvalue weighted by atomic mass is 79.9. The Hall–Kier alpha value is -1.82. The number of pyridine rings is 1. The van der Waals surface area contributed by atoms with Crippen molar-refractivity contribution in [1.82, 2.24) is 15.0 Å². The van der Waals surface area contributed by atoms with Crippen LogP contribution >= 0.6 is 15.9 Å². The van der Waals surface area contributed by atoms with Crippen molar-refractivity contribution in [3.63, 3.8) is 0 Å². The van der Waals surface area contributed by atoms with E-state index in [9.17, 15) is 13.5 Å². The van der Waals surface area contributed by atoms with Gasteiger partial charge in [-0.05, 0) is 53.7 Å². The maximum absolute atomic E-state index is 11.2. The molecular weight excluding hydrogens is 424 g/mol. The summed E-state index contributed by atoms with van der Waals surface area (Å²) in [4.78, 5) is 12.4. The lowest BCUT2D eigenvalue weighted by Gasteiger charge is -2.27. The van der Waals surface area contributed by atoms with Gasteiger partial charge in [0.25, 0.3) is 10.0 Å². The Kier molecular flexibility index (Phi) is 5.70. The van der Waals surface area contributed by atoms with E-state index in [1.165, 1.54) is 18.3 Å². The molecule has 0 unspecified atom stereocenters. The standard InChI is InChI=1S/C15H19BrN6O3S/c16-12-8-19-15(21-10-3-6-13(18-7-10)26(17,24)25)22-14(12)20-9-1-4-11(23)5-2-9/h3,6-9,11,23H,1-2,4-5H2,(H2,17,24,25)(H2,19,20,21,22)/t9-,11-. The summed E-state index contributed by atoms with van der Waals surface area (Å²) in [6.45, 7) is 0. The van der Waals surface area contributed by atoms with E-state index in [0.717, 1.165) is 30.2 Å². The van der Waals surface area contributed by atoms with Crippen molar-refractivity contribution in [2.75, 3.05) is 10.6 Å². The quantitative estimate of drug-likeness (QED) is 0.547. The Morgan fingerprint density at radius 1 is 1.15 bits per heavy atom. The number of sulfonamides is 1. The van der Waals surface area contributed by atoms with Crippen LogP contribution in [0.2, 0.25) is 0 Å². The van der Waals surface area contributed by atoms with Gasteiger partial charge in [0.1, 0.15) is 5.82 Å². The Bertz CT molecular complexity index is 869. The van der Waals surface area contributed by atoms with Gasteiger partial charge in [-0.3, -0.25) is 0 Å². The maximum Gasteiger partial charge on any atom is 0.255 e. The van der Waals surface area contributed by atoms with Crippen molar-refractivity contribution < 1.29 is 13.5 Å². The number of halogens is 1. The molecule has 9 nitrogen and oxygen atoms in total. The van der Waals surface area contributed by atoms with Gasteiger partial charge >= 0.3 is 0 Å². The van der Waals surface area contributed by atoms with Gasteiger partial charge in [-0.2, -0.15) is 4.98 Å². The highest BCUT2D eigenvalue weighted by Crippen LogP contribution is 2.26. The first-order valence-corrected chi connectivity index (χ1v) is 10.4. The molecular formula is C15H19BrN6O3S. The van der Waals surface area contributed by atoms with Crippen molar-refractivity contribution >= 4 is 43.4 Å². The fraction of sp³-hybridized carbons (Fsp3) is 0.400. The molecule has 26 heavy (non-hydrogen) atoms. The average molecular weight is 443 g/mol. The van der Waals surface area contributed by atoms with Crippen LogP contribution in [0.4, 0.5) is 17.5 Å². The van der Waals surface area contributed by atoms with E-state index in [4.69, 9.17) is 5.14 Å². The first-order valence-electron chi connectivity index (χ1n) is 8.04. The number of hydrogen-bond donors (Lipinski definition) is 4. The van der Waals surface area contributed by atoms with Gasteiger partial charge in [-0.1, -0.05) is 0 Å². The Morgan fingerprint density at radius 3 is 2.50 bits per heavy atom. The van der Waals surface area contributed by atoms with E-state index in [2.05, 4.69) is 41.5 Å². The number of nitrogens with zero attached hydrogens (tertiary/aromatic N) is 3. The van der Waals surface area contributed by atoms with Gasteiger partial charge in [0.15, 0.2) is 5.03 Å². The number of aliphatic hydroxyl groups is 1. The van der Waals surface area contributed by atoms with Crippen molar-refractivity contribution in [1.29, 1.82) is 0 Å². The van der Waals surface area contributed by atoms with Crippen LogP contribution in [-0.2, 0) is 10.0 Å². The molecule has 0 spiro atoms. The zero-order chi connectivity index (χ0) is 18.7. The van der Waals surface area contributed by atoms with Crippen LogP contribution < -0.4 is 15.8 Å². The van der Waals surface area contributed by atoms with Crippen LogP contribution in [0.25, 0.3) is 0 Å². The third-order valence-electron chi connectivity index (χ3n) is 4.07. The van der Waals surface area contributed by atoms with Crippen LogP contribution in [0.5, 0.6) is 0 Å². The van der Waals surface area contributed by atoms with Crippen molar-refractivity contribution in [3.05, 3.63) is 29.0 Å². The van der Waals surface area contributed by atoms with Gasteiger partial charge in [0, 0.05) is 12.2 Å². The molecule has 0 radical (unpaired) electrons. The summed E-state index contributed by atoms with van der Waals surface area (Å²) < 4.78 is 23.2. The average Bonchev–Trinajstić information content (AvgIpc) is 2.59. The van der Waals surface area contributed by atoms with Crippen LogP contribution in [0.3, 0.4) is 0 Å². The van der Waals surface area contributed by atoms with Gasteiger partial charge in [-0.25, -0.2) is 23.5 Å². The van der Waals surface area contributed by atoms with Crippen LogP contribution in [-0.4, -0.2) is 40.6 Å². The minimum atomic E-state index is -3.83. The van der Waals surface area contributed by atoms with Gasteiger partial charge in [-0.15, -0.1) is 0 Å². The summed E-state index contributed by atoms with van der Waals surface area (Å²) in [6, 6.07) is 3.09. The number of nitrogens with two attached hydrogens (primary N) is 1. The molecule has 0 aliphatic heterocycles. The molecule has 5 N–H and O–H groups in total. The summed E-state index contributed by atoms with van der Waals surface area (Å²) in [5, 5.41) is 20.8. The van der Waals surface area contributed by atoms with Gasteiger partial charge in [0.05, 0.1) is 22.5 Å². The highest BCUT2D eigenvalue weighted by molar-refractivity contribution is 9.10. The maximum atomic E-state index is 11.2. The van der Waals surface area contributed by atoms with Crippen molar-refractivity contribution in [2.45, 2.75) is 42.9 Å². The summed E-state index contributed by atoms with van der Waals surface area (Å²) in [7, 11) is -3.83. The fourth-order valence-corrected chi connectivity index (χ4v) is 3.46. The predicted octanol–water partition coefficient (Wildman–Crippen LogP) is 1.74. The first kappa shape index (κ1) is 19.0. The molecule has 1 saturated carbocycles. The second-order valence-corrected chi connectivity index (χ2v) is 8.46. The zero-order valence-corrected chi connectivity index (χ0v) is 16.2. The third kappa shape index (κ3) is 4.87. The molecule has 3 rings (SSSR count). The second kappa shape index (κ2) is 7.82. The van der Waals surface area contributed by atoms with Crippen LogP contribution in [0.15, 0.2) is 34.0 Å². The molecule has 2 heterocycles. The molecule has 1 fully saturated rings. The van der Waals surface area contributed by atoms with E-state index in [1.807, 2.05) is 0 Å². The molecule has 0 aromatic carbocycles. The van der Waals surface area contributed by atoms with Crippen LogP contribution in [0, 0.1) is 0 Å². The summed E-state index contributed by atoms with van der Waals surface area (Å²) in [6.07, 6.45) is 6.05. The number of hydrogen-bond acceptors (Lipinski definition) is 8. The third-order valence-corrected chi connectivity index (χ3v) is 5.47. The Morgan fingerprint density at radius 2 is 1.88 bits per heavy atom. The lowest BCUT2D eigenvalue weighted by atomic mass is 9.93.